The second-order valence-corrected chi connectivity index (χ2v) is 6.58. The van der Waals surface area contributed by atoms with Gasteiger partial charge in [-0.25, -0.2) is 0 Å². The van der Waals surface area contributed by atoms with Gasteiger partial charge in [0, 0.05) is 11.1 Å². The molecular weight excluding hydrogens is 384 g/mol. The maximum absolute atomic E-state index is 9.90. The van der Waals surface area contributed by atoms with Crippen molar-refractivity contribution in [3.05, 3.63) is 65.0 Å². The lowest BCUT2D eigenvalue weighted by atomic mass is 9.82. The van der Waals surface area contributed by atoms with Crippen LogP contribution in [0.3, 0.4) is 0 Å². The van der Waals surface area contributed by atoms with Crippen LogP contribution in [0, 0.1) is 11.3 Å². The highest BCUT2D eigenvalue weighted by Crippen LogP contribution is 2.48. The lowest BCUT2D eigenvalue weighted by molar-refractivity contribution is 0.373. The van der Waals surface area contributed by atoms with Crippen LogP contribution in [-0.4, -0.2) is 31.5 Å². The van der Waals surface area contributed by atoms with Crippen LogP contribution in [0.15, 0.2) is 53.9 Å². The summed E-state index contributed by atoms with van der Waals surface area (Å²) in [6.45, 7) is 0. The Hall–Kier alpha value is -4.12. The van der Waals surface area contributed by atoms with Gasteiger partial charge in [-0.15, -0.1) is 5.10 Å². The first-order chi connectivity index (χ1) is 14.6. The second-order valence-electron chi connectivity index (χ2n) is 6.58. The van der Waals surface area contributed by atoms with Crippen molar-refractivity contribution in [3.8, 4) is 40.5 Å². The van der Waals surface area contributed by atoms with Gasteiger partial charge in [-0.3, -0.25) is 5.10 Å². The van der Waals surface area contributed by atoms with E-state index in [1.165, 1.54) is 0 Å². The summed E-state index contributed by atoms with van der Waals surface area (Å²) < 4.78 is 22.0. The molecular formula is C22H20N4O4. The van der Waals surface area contributed by atoms with Gasteiger partial charge in [-0.05, 0) is 30.3 Å². The van der Waals surface area contributed by atoms with E-state index in [9.17, 15) is 5.26 Å². The molecule has 1 aliphatic rings. The minimum atomic E-state index is -0.566. The van der Waals surface area contributed by atoms with Gasteiger partial charge in [0.2, 0.25) is 11.8 Å². The lowest BCUT2D eigenvalue weighted by Crippen LogP contribution is -2.21. The van der Waals surface area contributed by atoms with Gasteiger partial charge >= 0.3 is 0 Å². The van der Waals surface area contributed by atoms with Crippen LogP contribution in [0.25, 0.3) is 11.3 Å². The molecule has 0 fully saturated rings. The van der Waals surface area contributed by atoms with Crippen molar-refractivity contribution < 1.29 is 18.9 Å². The average molecular weight is 404 g/mol. The molecule has 152 valence electrons. The molecule has 2 aromatic carbocycles. The maximum Gasteiger partial charge on any atom is 0.244 e. The summed E-state index contributed by atoms with van der Waals surface area (Å²) in [6, 6.07) is 15.1. The number of fused-ring (bicyclic) bond motifs is 1. The first-order valence-electron chi connectivity index (χ1n) is 9.13. The fraction of sp³-hybridized carbons (Fsp3) is 0.182. The number of rotatable bonds is 5. The van der Waals surface area contributed by atoms with Crippen LogP contribution >= 0.6 is 0 Å². The van der Waals surface area contributed by atoms with Gasteiger partial charge in [0.05, 0.1) is 38.5 Å². The van der Waals surface area contributed by atoms with E-state index in [0.29, 0.717) is 39.9 Å². The molecule has 1 aliphatic heterocycles. The Labute approximate surface area is 173 Å². The summed E-state index contributed by atoms with van der Waals surface area (Å²) in [7, 11) is 4.75. The van der Waals surface area contributed by atoms with Gasteiger partial charge in [-0.2, -0.15) is 5.26 Å². The zero-order chi connectivity index (χ0) is 21.3. The highest BCUT2D eigenvalue weighted by molar-refractivity contribution is 5.72. The van der Waals surface area contributed by atoms with Gasteiger partial charge < -0.3 is 24.7 Å². The predicted octanol–water partition coefficient (Wildman–Crippen LogP) is 3.32. The van der Waals surface area contributed by atoms with E-state index in [-0.39, 0.29) is 11.5 Å². The van der Waals surface area contributed by atoms with Crippen molar-refractivity contribution in [2.45, 2.75) is 5.92 Å². The lowest BCUT2D eigenvalue weighted by Gasteiger charge is -2.25. The number of nitrogens with one attached hydrogen (secondary N) is 1. The van der Waals surface area contributed by atoms with E-state index in [2.05, 4.69) is 16.3 Å². The SMILES string of the molecule is COc1cccc(-c2[nH]nc3c2[C@H](c2cc(OC)ccc2OC)C(C#N)=C(N)O3)c1. The molecule has 8 nitrogen and oxygen atoms in total. The van der Waals surface area contributed by atoms with E-state index in [0.717, 1.165) is 5.56 Å². The average Bonchev–Trinajstić information content (AvgIpc) is 3.21. The van der Waals surface area contributed by atoms with Crippen LogP contribution in [0.1, 0.15) is 17.0 Å². The normalized spacial score (nSPS) is 15.1. The minimum absolute atomic E-state index is 0.00330. The fourth-order valence-electron chi connectivity index (χ4n) is 3.62. The highest BCUT2D eigenvalue weighted by Gasteiger charge is 2.37. The van der Waals surface area contributed by atoms with Crippen LogP contribution in [0.4, 0.5) is 0 Å². The number of hydrogen-bond acceptors (Lipinski definition) is 7. The van der Waals surface area contributed by atoms with Crippen molar-refractivity contribution in [1.29, 1.82) is 5.26 Å². The summed E-state index contributed by atoms with van der Waals surface area (Å²) in [5.74, 6) is 1.65. The number of ether oxygens (including phenoxy) is 4. The molecule has 0 radical (unpaired) electrons. The number of allylic oxidation sites excluding steroid dienone is 1. The first-order valence-corrected chi connectivity index (χ1v) is 9.13. The van der Waals surface area contributed by atoms with E-state index >= 15 is 0 Å². The van der Waals surface area contributed by atoms with Crippen molar-refractivity contribution in [2.75, 3.05) is 21.3 Å². The van der Waals surface area contributed by atoms with Crippen molar-refractivity contribution >= 4 is 0 Å². The third kappa shape index (κ3) is 3.06. The molecule has 0 bridgehead atoms. The molecule has 0 saturated carbocycles. The van der Waals surface area contributed by atoms with Crippen LogP contribution in [0.5, 0.6) is 23.1 Å². The molecule has 2 heterocycles. The number of nitrogens with zero attached hydrogens (tertiary/aromatic N) is 2. The number of hydrogen-bond donors (Lipinski definition) is 2. The Balaban J connectivity index is 1.98. The fourth-order valence-corrected chi connectivity index (χ4v) is 3.62. The largest absolute Gasteiger partial charge is 0.497 e. The van der Waals surface area contributed by atoms with Crippen LogP contribution < -0.4 is 24.7 Å². The molecule has 0 saturated heterocycles. The number of aromatic nitrogens is 2. The van der Waals surface area contributed by atoms with E-state index in [1.807, 2.05) is 30.3 Å². The van der Waals surface area contributed by atoms with E-state index < -0.39 is 5.92 Å². The molecule has 8 heteroatoms. The Kier molecular flexibility index (Phi) is 4.94. The van der Waals surface area contributed by atoms with Gasteiger partial charge in [0.1, 0.15) is 28.9 Å². The summed E-state index contributed by atoms with van der Waals surface area (Å²) in [5.41, 5.74) is 9.26. The van der Waals surface area contributed by atoms with Gasteiger partial charge in [0.25, 0.3) is 0 Å². The Bertz CT molecular complexity index is 1180. The van der Waals surface area contributed by atoms with Crippen LogP contribution in [-0.2, 0) is 0 Å². The molecule has 4 rings (SSSR count). The molecule has 30 heavy (non-hydrogen) atoms. The zero-order valence-electron chi connectivity index (χ0n) is 16.7. The summed E-state index contributed by atoms with van der Waals surface area (Å²) >= 11 is 0. The number of nitrogens with two attached hydrogens (primary N) is 1. The quantitative estimate of drug-likeness (QED) is 0.670. The van der Waals surface area contributed by atoms with Crippen molar-refractivity contribution in [1.82, 2.24) is 10.2 Å². The number of methoxy groups -OCH3 is 3. The highest BCUT2D eigenvalue weighted by atomic mass is 16.5. The van der Waals surface area contributed by atoms with Crippen LogP contribution in [0.2, 0.25) is 0 Å². The Morgan fingerprint density at radius 2 is 1.83 bits per heavy atom. The monoisotopic (exact) mass is 404 g/mol. The smallest absolute Gasteiger partial charge is 0.244 e. The molecule has 0 unspecified atom stereocenters. The number of nitriles is 1. The molecule has 1 atom stereocenters. The Morgan fingerprint density at radius 1 is 1.07 bits per heavy atom. The molecule has 0 aliphatic carbocycles. The molecule has 1 aromatic heterocycles. The number of aromatic amines is 1. The van der Waals surface area contributed by atoms with Crippen molar-refractivity contribution in [2.24, 2.45) is 5.73 Å². The summed E-state index contributed by atoms with van der Waals surface area (Å²) in [5, 5.41) is 17.2. The minimum Gasteiger partial charge on any atom is -0.497 e. The van der Waals surface area contributed by atoms with Gasteiger partial charge in [-0.1, -0.05) is 12.1 Å². The summed E-state index contributed by atoms with van der Waals surface area (Å²) in [4.78, 5) is 0. The molecule has 0 amide bonds. The Morgan fingerprint density at radius 3 is 2.53 bits per heavy atom. The van der Waals surface area contributed by atoms with Crippen molar-refractivity contribution in [3.63, 3.8) is 0 Å². The third-order valence-corrected chi connectivity index (χ3v) is 5.05. The molecule has 3 N–H and O–H groups in total. The maximum atomic E-state index is 9.90. The third-order valence-electron chi connectivity index (χ3n) is 5.05. The standard InChI is InChI=1S/C22H20N4O4/c1-27-13-6-4-5-12(9-13)20-19-18(15-10-14(28-2)7-8-17(15)29-3)16(11-23)21(24)30-22(19)26-25-20/h4-10,18H,24H2,1-3H3,(H,25,26)/t18-/m1/s1. The second kappa shape index (κ2) is 7.72. The van der Waals surface area contributed by atoms with E-state index in [4.69, 9.17) is 24.7 Å². The number of H-pyrrole nitrogens is 1. The topological polar surface area (TPSA) is 115 Å². The van der Waals surface area contributed by atoms with E-state index in [1.54, 1.807) is 33.5 Å². The predicted molar refractivity (Wildman–Crippen MR) is 109 cm³/mol. The first kappa shape index (κ1) is 19.2. The summed E-state index contributed by atoms with van der Waals surface area (Å²) in [6.07, 6.45) is 0. The molecule has 0 spiro atoms. The molecule has 3 aromatic rings. The van der Waals surface area contributed by atoms with Gasteiger partial charge in [0.15, 0.2) is 0 Å². The zero-order valence-corrected chi connectivity index (χ0v) is 16.7. The number of benzene rings is 2.